The van der Waals surface area contributed by atoms with Gasteiger partial charge in [0.05, 0.1) is 16.5 Å². The van der Waals surface area contributed by atoms with Crippen LogP contribution in [0.3, 0.4) is 0 Å². The van der Waals surface area contributed by atoms with E-state index in [0.717, 1.165) is 5.56 Å². The molecular weight excluding hydrogens is 342 g/mol. The van der Waals surface area contributed by atoms with Crippen LogP contribution in [-0.2, 0) is 6.54 Å². The van der Waals surface area contributed by atoms with Crippen LogP contribution in [0, 0.1) is 6.92 Å². The molecule has 2 heterocycles. The molecule has 0 fully saturated rings. The summed E-state index contributed by atoms with van der Waals surface area (Å²) in [5.41, 5.74) is 2.04. The molecule has 2 aromatic carbocycles. The lowest BCUT2D eigenvalue weighted by molar-refractivity contribution is 0.103. The first-order valence-corrected chi connectivity index (χ1v) is 8.77. The van der Waals surface area contributed by atoms with Gasteiger partial charge in [-0.15, -0.1) is 6.58 Å². The Labute approximate surface area is 156 Å². The quantitative estimate of drug-likeness (QED) is 0.527. The molecule has 0 saturated heterocycles. The molecule has 3 aromatic rings. The van der Waals surface area contributed by atoms with Gasteiger partial charge in [0, 0.05) is 24.4 Å². The molecule has 1 aliphatic heterocycles. The van der Waals surface area contributed by atoms with E-state index in [1.54, 1.807) is 36.5 Å². The van der Waals surface area contributed by atoms with Crippen LogP contribution in [0.1, 0.15) is 21.5 Å². The van der Waals surface area contributed by atoms with E-state index >= 15 is 0 Å². The average Bonchev–Trinajstić information content (AvgIpc) is 2.69. The van der Waals surface area contributed by atoms with Crippen molar-refractivity contribution in [3.8, 4) is 11.5 Å². The van der Waals surface area contributed by atoms with Crippen LogP contribution in [0.2, 0.25) is 0 Å². The van der Waals surface area contributed by atoms with Gasteiger partial charge in [-0.25, -0.2) is 0 Å². The first-order chi connectivity index (χ1) is 13.1. The number of pyridine rings is 1. The summed E-state index contributed by atoms with van der Waals surface area (Å²) < 4.78 is 13.1. The minimum absolute atomic E-state index is 0.130. The first-order valence-electron chi connectivity index (χ1n) is 8.77. The molecule has 27 heavy (non-hydrogen) atoms. The Morgan fingerprint density at radius 3 is 2.48 bits per heavy atom. The van der Waals surface area contributed by atoms with Crippen LogP contribution in [0.15, 0.2) is 60.0 Å². The molecule has 136 valence electrons. The van der Waals surface area contributed by atoms with Gasteiger partial charge < -0.3 is 14.0 Å². The van der Waals surface area contributed by atoms with E-state index in [2.05, 4.69) is 6.58 Å². The summed E-state index contributed by atoms with van der Waals surface area (Å²) in [6, 6.07) is 10.6. The monoisotopic (exact) mass is 361 g/mol. The number of hydrogen-bond acceptors (Lipinski definition) is 4. The normalized spacial score (nSPS) is 12.8. The summed E-state index contributed by atoms with van der Waals surface area (Å²) in [4.78, 5) is 26.1. The van der Waals surface area contributed by atoms with Gasteiger partial charge in [0.15, 0.2) is 17.3 Å². The summed E-state index contributed by atoms with van der Waals surface area (Å²) in [5.74, 6) is 0.828. The molecule has 5 nitrogen and oxygen atoms in total. The van der Waals surface area contributed by atoms with Gasteiger partial charge in [0.2, 0.25) is 5.43 Å². The molecule has 0 radical (unpaired) electrons. The maximum absolute atomic E-state index is 13.1. The summed E-state index contributed by atoms with van der Waals surface area (Å²) in [7, 11) is 0. The third kappa shape index (κ3) is 3.01. The molecule has 0 bridgehead atoms. The van der Waals surface area contributed by atoms with Gasteiger partial charge in [-0.3, -0.25) is 9.59 Å². The van der Waals surface area contributed by atoms with E-state index in [1.807, 2.05) is 23.6 Å². The maximum atomic E-state index is 13.1. The van der Waals surface area contributed by atoms with Crippen molar-refractivity contribution in [2.45, 2.75) is 13.5 Å². The van der Waals surface area contributed by atoms with Gasteiger partial charge >= 0.3 is 0 Å². The molecule has 1 aliphatic rings. The Morgan fingerprint density at radius 1 is 1.15 bits per heavy atom. The number of allylic oxidation sites excluding steroid dienone is 1. The van der Waals surface area contributed by atoms with E-state index in [-0.39, 0.29) is 16.8 Å². The SMILES string of the molecule is C=CCn1cc(C(=O)c2ccc(C)cc2)c(=O)c2cc3c(cc21)OCCO3. The van der Waals surface area contributed by atoms with Crippen molar-refractivity contribution in [2.24, 2.45) is 0 Å². The highest BCUT2D eigenvalue weighted by Crippen LogP contribution is 2.33. The first kappa shape index (κ1) is 17.1. The predicted molar refractivity (Wildman–Crippen MR) is 104 cm³/mol. The van der Waals surface area contributed by atoms with Gasteiger partial charge in [-0.05, 0) is 13.0 Å². The largest absolute Gasteiger partial charge is 0.486 e. The second kappa shape index (κ2) is 6.76. The van der Waals surface area contributed by atoms with E-state index in [9.17, 15) is 9.59 Å². The van der Waals surface area contributed by atoms with Crippen LogP contribution in [0.5, 0.6) is 11.5 Å². The number of aryl methyl sites for hydroxylation is 1. The number of ketones is 1. The van der Waals surface area contributed by atoms with Gasteiger partial charge in [0.25, 0.3) is 0 Å². The fourth-order valence-electron chi connectivity index (χ4n) is 3.24. The zero-order valence-corrected chi connectivity index (χ0v) is 15.0. The molecule has 0 spiro atoms. The smallest absolute Gasteiger partial charge is 0.200 e. The maximum Gasteiger partial charge on any atom is 0.200 e. The highest BCUT2D eigenvalue weighted by Gasteiger charge is 2.20. The zero-order chi connectivity index (χ0) is 19.0. The Bertz CT molecular complexity index is 1110. The Kier molecular flexibility index (Phi) is 4.28. The van der Waals surface area contributed by atoms with Crippen molar-refractivity contribution in [3.63, 3.8) is 0 Å². The second-order valence-corrected chi connectivity index (χ2v) is 6.52. The number of benzene rings is 2. The predicted octanol–water partition coefficient (Wildman–Crippen LogP) is 3.50. The number of hydrogen-bond donors (Lipinski definition) is 0. The minimum atomic E-state index is -0.312. The Balaban J connectivity index is 1.94. The molecule has 0 N–H and O–H groups in total. The standard InChI is InChI=1S/C22H19NO4/c1-3-8-23-13-17(21(24)15-6-4-14(2)5-7-15)22(25)16-11-19-20(12-18(16)23)27-10-9-26-19/h3-7,11-13H,1,8-10H2,2H3. The molecule has 0 atom stereocenters. The number of nitrogens with zero attached hydrogens (tertiary/aromatic N) is 1. The zero-order valence-electron chi connectivity index (χ0n) is 15.0. The molecule has 0 aliphatic carbocycles. The van der Waals surface area contributed by atoms with Crippen molar-refractivity contribution in [1.82, 2.24) is 4.57 Å². The van der Waals surface area contributed by atoms with E-state index in [1.165, 1.54) is 0 Å². The lowest BCUT2D eigenvalue weighted by Gasteiger charge is -2.20. The van der Waals surface area contributed by atoms with E-state index in [4.69, 9.17) is 9.47 Å². The van der Waals surface area contributed by atoms with Crippen LogP contribution < -0.4 is 14.9 Å². The fourth-order valence-corrected chi connectivity index (χ4v) is 3.24. The van der Waals surface area contributed by atoms with Crippen molar-refractivity contribution in [3.05, 3.63) is 82.2 Å². The van der Waals surface area contributed by atoms with Crippen molar-refractivity contribution < 1.29 is 14.3 Å². The van der Waals surface area contributed by atoms with Crippen molar-refractivity contribution in [1.29, 1.82) is 0 Å². The highest BCUT2D eigenvalue weighted by molar-refractivity contribution is 6.10. The average molecular weight is 361 g/mol. The van der Waals surface area contributed by atoms with Crippen LogP contribution in [0.25, 0.3) is 10.9 Å². The van der Waals surface area contributed by atoms with Gasteiger partial charge in [-0.2, -0.15) is 0 Å². The number of rotatable bonds is 4. The number of carbonyl (C=O) groups excluding carboxylic acids is 1. The molecule has 1 aromatic heterocycles. The third-order valence-corrected chi connectivity index (χ3v) is 4.63. The molecular formula is C22H19NO4. The molecule has 0 unspecified atom stereocenters. The minimum Gasteiger partial charge on any atom is -0.486 e. The van der Waals surface area contributed by atoms with Gasteiger partial charge in [0.1, 0.15) is 13.2 Å². The van der Waals surface area contributed by atoms with Crippen molar-refractivity contribution in [2.75, 3.05) is 13.2 Å². The molecule has 5 heteroatoms. The number of aromatic nitrogens is 1. The summed E-state index contributed by atoms with van der Waals surface area (Å²) in [6.07, 6.45) is 3.32. The lowest BCUT2D eigenvalue weighted by Crippen LogP contribution is -2.21. The number of ether oxygens (including phenoxy) is 2. The van der Waals surface area contributed by atoms with Crippen LogP contribution in [-0.4, -0.2) is 23.6 Å². The molecule has 0 saturated carbocycles. The topological polar surface area (TPSA) is 57.5 Å². The molecule has 4 rings (SSSR count). The molecule has 0 amide bonds. The van der Waals surface area contributed by atoms with Gasteiger partial charge in [-0.1, -0.05) is 35.9 Å². The summed E-state index contributed by atoms with van der Waals surface area (Å²) >= 11 is 0. The Hall–Kier alpha value is -3.34. The summed E-state index contributed by atoms with van der Waals surface area (Å²) in [6.45, 7) is 7.09. The second-order valence-electron chi connectivity index (χ2n) is 6.52. The number of carbonyl (C=O) groups is 1. The van der Waals surface area contributed by atoms with E-state index in [0.29, 0.717) is 47.7 Å². The van der Waals surface area contributed by atoms with Crippen LogP contribution in [0.4, 0.5) is 0 Å². The lowest BCUT2D eigenvalue weighted by atomic mass is 10.0. The Morgan fingerprint density at radius 2 is 1.81 bits per heavy atom. The third-order valence-electron chi connectivity index (χ3n) is 4.63. The highest BCUT2D eigenvalue weighted by atomic mass is 16.6. The number of fused-ring (bicyclic) bond motifs is 2. The fraction of sp³-hybridized carbons (Fsp3) is 0.182. The van der Waals surface area contributed by atoms with Crippen LogP contribution >= 0.6 is 0 Å². The van der Waals surface area contributed by atoms with E-state index < -0.39 is 0 Å². The van der Waals surface area contributed by atoms with Crippen molar-refractivity contribution >= 4 is 16.7 Å². The summed E-state index contributed by atoms with van der Waals surface area (Å²) in [5, 5.41) is 0.430.